The van der Waals surface area contributed by atoms with Gasteiger partial charge in [0.25, 0.3) is 5.91 Å². The van der Waals surface area contributed by atoms with Crippen LogP contribution in [0.4, 0.5) is 5.69 Å². The fraction of sp³-hybridized carbons (Fsp3) is 0.542. The molecular formula is C24H28BrClN2O6. The molecule has 10 heteroatoms. The number of hydrogen-bond acceptors (Lipinski definition) is 5. The molecule has 8 nitrogen and oxygen atoms in total. The molecule has 2 amide bonds. The van der Waals surface area contributed by atoms with Crippen molar-refractivity contribution in [2.75, 3.05) is 18.1 Å². The molecule has 3 saturated heterocycles. The summed E-state index contributed by atoms with van der Waals surface area (Å²) in [4.78, 5) is 42.9. The van der Waals surface area contributed by atoms with Crippen molar-refractivity contribution < 1.29 is 29.3 Å². The highest BCUT2D eigenvalue weighted by Crippen LogP contribution is 2.60. The van der Waals surface area contributed by atoms with Crippen LogP contribution in [0.3, 0.4) is 0 Å². The Hall–Kier alpha value is -1.94. The van der Waals surface area contributed by atoms with Crippen LogP contribution in [0.15, 0.2) is 36.9 Å². The van der Waals surface area contributed by atoms with Crippen molar-refractivity contribution in [3.8, 4) is 0 Å². The predicted octanol–water partition coefficient (Wildman–Crippen LogP) is 2.71. The van der Waals surface area contributed by atoms with Gasteiger partial charge in [-0.2, -0.15) is 0 Å². The first kappa shape index (κ1) is 25.2. The minimum atomic E-state index is -1.33. The lowest BCUT2D eigenvalue weighted by Crippen LogP contribution is -2.60. The molecule has 34 heavy (non-hydrogen) atoms. The molecule has 3 fully saturated rings. The highest BCUT2D eigenvalue weighted by atomic mass is 79.9. The van der Waals surface area contributed by atoms with E-state index >= 15 is 0 Å². The van der Waals surface area contributed by atoms with E-state index in [0.29, 0.717) is 17.1 Å². The summed E-state index contributed by atoms with van der Waals surface area (Å²) in [7, 11) is 0. The smallest absolute Gasteiger partial charge is 0.310 e. The van der Waals surface area contributed by atoms with Gasteiger partial charge < -0.3 is 24.7 Å². The number of ether oxygens (including phenoxy) is 1. The number of carbonyl (C=O) groups is 3. The Morgan fingerprint density at radius 3 is 2.65 bits per heavy atom. The third-order valence-electron chi connectivity index (χ3n) is 7.28. The Kier molecular flexibility index (Phi) is 6.85. The number of rotatable bonds is 8. The average molecular weight is 556 g/mol. The van der Waals surface area contributed by atoms with Crippen molar-refractivity contribution in [3.63, 3.8) is 0 Å². The van der Waals surface area contributed by atoms with E-state index in [9.17, 15) is 24.6 Å². The van der Waals surface area contributed by atoms with E-state index < -0.39 is 53.4 Å². The number of carbonyl (C=O) groups excluding carboxylic acids is 2. The molecule has 3 heterocycles. The molecule has 7 atom stereocenters. The normalized spacial score (nSPS) is 32.7. The standard InChI is InChI=1S/C24H28BrClN2O6/c1-4-9-27(15-8-6-5-7-14(15)26)22(31)20-24-10-13(25)19(34-24)17(23(32)33)18(24)21(30)28(20)16(11-29)12(2)3/h4-8,12-13,16-20,29H,1,9-11H2,2-3H3,(H,32,33)/t13?,16-,17+,18-,19+,20+,24-/m0/s1. The number of amides is 2. The molecule has 0 aromatic heterocycles. The second-order valence-corrected chi connectivity index (χ2v) is 11.0. The fourth-order valence-electron chi connectivity index (χ4n) is 5.86. The first-order valence-corrected chi connectivity index (χ1v) is 12.5. The number of aliphatic hydroxyl groups is 1. The van der Waals surface area contributed by atoms with Crippen molar-refractivity contribution in [3.05, 3.63) is 41.9 Å². The predicted molar refractivity (Wildman–Crippen MR) is 130 cm³/mol. The van der Waals surface area contributed by atoms with Crippen molar-refractivity contribution in [2.24, 2.45) is 17.8 Å². The summed E-state index contributed by atoms with van der Waals surface area (Å²) in [5, 5.41) is 20.6. The molecule has 0 saturated carbocycles. The van der Waals surface area contributed by atoms with Crippen LogP contribution in [0.1, 0.15) is 20.3 Å². The molecule has 2 N–H and O–H groups in total. The molecular weight excluding hydrogens is 528 g/mol. The van der Waals surface area contributed by atoms with Crippen molar-refractivity contribution in [2.45, 2.75) is 48.9 Å². The molecule has 4 rings (SSSR count). The number of likely N-dealkylation sites (tertiary alicyclic amines) is 1. The Bertz CT molecular complexity index is 1020. The zero-order valence-corrected chi connectivity index (χ0v) is 21.3. The van der Waals surface area contributed by atoms with Gasteiger partial charge in [-0.1, -0.05) is 59.6 Å². The van der Waals surface area contributed by atoms with Crippen LogP contribution in [0.5, 0.6) is 0 Å². The van der Waals surface area contributed by atoms with Crippen molar-refractivity contribution in [1.82, 2.24) is 4.90 Å². The molecule has 1 spiro atoms. The van der Waals surface area contributed by atoms with Crippen LogP contribution in [-0.2, 0) is 19.1 Å². The van der Waals surface area contributed by atoms with Gasteiger partial charge in [0.05, 0.1) is 41.3 Å². The lowest BCUT2D eigenvalue weighted by atomic mass is 9.70. The number of carboxylic acids is 1. The monoisotopic (exact) mass is 554 g/mol. The summed E-state index contributed by atoms with van der Waals surface area (Å²) in [5.74, 6) is -4.37. The Balaban J connectivity index is 1.88. The highest BCUT2D eigenvalue weighted by molar-refractivity contribution is 9.09. The number of para-hydroxylation sites is 1. The van der Waals surface area contributed by atoms with Gasteiger partial charge in [-0.05, 0) is 24.5 Å². The molecule has 1 aromatic carbocycles. The van der Waals surface area contributed by atoms with Crippen LogP contribution < -0.4 is 4.90 Å². The third-order valence-corrected chi connectivity index (χ3v) is 8.45. The van der Waals surface area contributed by atoms with E-state index in [4.69, 9.17) is 16.3 Å². The molecule has 3 aliphatic heterocycles. The topological polar surface area (TPSA) is 107 Å². The number of halogens is 2. The Labute approximate surface area is 211 Å². The van der Waals surface area contributed by atoms with Gasteiger partial charge in [-0.3, -0.25) is 14.4 Å². The number of aliphatic hydroxyl groups excluding tert-OH is 1. The molecule has 0 aliphatic carbocycles. The van der Waals surface area contributed by atoms with Gasteiger partial charge in [0.15, 0.2) is 0 Å². The average Bonchev–Trinajstić information content (AvgIpc) is 3.36. The van der Waals surface area contributed by atoms with E-state index in [1.807, 2.05) is 13.8 Å². The van der Waals surface area contributed by atoms with E-state index in [2.05, 4.69) is 22.5 Å². The summed E-state index contributed by atoms with van der Waals surface area (Å²) in [6.07, 6.45) is 1.12. The van der Waals surface area contributed by atoms with Gasteiger partial charge in [0, 0.05) is 11.4 Å². The zero-order chi connectivity index (χ0) is 24.9. The number of aliphatic carboxylic acids is 1. The van der Waals surface area contributed by atoms with Crippen LogP contribution >= 0.6 is 27.5 Å². The van der Waals surface area contributed by atoms with E-state index in [1.165, 1.54) is 9.80 Å². The molecule has 0 radical (unpaired) electrons. The largest absolute Gasteiger partial charge is 0.481 e. The van der Waals surface area contributed by atoms with E-state index in [-0.39, 0.29) is 23.9 Å². The van der Waals surface area contributed by atoms with E-state index in [0.717, 1.165) is 0 Å². The number of alkyl halides is 1. The molecule has 1 aromatic rings. The molecule has 1 unspecified atom stereocenters. The fourth-order valence-corrected chi connectivity index (χ4v) is 7.04. The van der Waals surface area contributed by atoms with Crippen LogP contribution in [0.25, 0.3) is 0 Å². The van der Waals surface area contributed by atoms with Crippen LogP contribution in [0, 0.1) is 17.8 Å². The van der Waals surface area contributed by atoms with Crippen molar-refractivity contribution in [1.29, 1.82) is 0 Å². The molecule has 3 aliphatic rings. The second kappa shape index (κ2) is 9.26. The maximum absolute atomic E-state index is 14.3. The lowest BCUT2D eigenvalue weighted by molar-refractivity contribution is -0.151. The SMILES string of the molecule is C=CCN(C(=O)[C@H]1N([C@@H](CO)C(C)C)C(=O)[C@@H]2[C@@H](C(=O)O)[C@@H]3O[C@@]21CC3Br)c1ccccc1Cl. The lowest BCUT2D eigenvalue weighted by Gasteiger charge is -2.40. The number of anilines is 1. The summed E-state index contributed by atoms with van der Waals surface area (Å²) in [6, 6.07) is 5.04. The van der Waals surface area contributed by atoms with Gasteiger partial charge in [-0.15, -0.1) is 6.58 Å². The summed E-state index contributed by atoms with van der Waals surface area (Å²) < 4.78 is 6.30. The van der Waals surface area contributed by atoms with Gasteiger partial charge in [0.1, 0.15) is 11.6 Å². The number of nitrogens with zero attached hydrogens (tertiary/aromatic N) is 2. The van der Waals surface area contributed by atoms with Crippen molar-refractivity contribution >= 4 is 51.0 Å². The van der Waals surface area contributed by atoms with Crippen LogP contribution in [0.2, 0.25) is 5.02 Å². The van der Waals surface area contributed by atoms with Crippen LogP contribution in [-0.4, -0.2) is 74.7 Å². The number of fused-ring (bicyclic) bond motifs is 1. The van der Waals surface area contributed by atoms with Gasteiger partial charge >= 0.3 is 5.97 Å². The maximum atomic E-state index is 14.3. The maximum Gasteiger partial charge on any atom is 0.310 e. The van der Waals surface area contributed by atoms with Gasteiger partial charge in [0.2, 0.25) is 5.91 Å². The second-order valence-electron chi connectivity index (χ2n) is 9.43. The number of hydrogen-bond donors (Lipinski definition) is 2. The first-order chi connectivity index (χ1) is 16.1. The quantitative estimate of drug-likeness (QED) is 0.377. The highest BCUT2D eigenvalue weighted by Gasteiger charge is 2.77. The summed E-state index contributed by atoms with van der Waals surface area (Å²) in [6.45, 7) is 7.20. The molecule has 184 valence electrons. The summed E-state index contributed by atoms with van der Waals surface area (Å²) in [5.41, 5.74) is -0.886. The third kappa shape index (κ3) is 3.59. The molecule has 2 bridgehead atoms. The number of benzene rings is 1. The minimum absolute atomic E-state index is 0.122. The first-order valence-electron chi connectivity index (χ1n) is 11.2. The van der Waals surface area contributed by atoms with Gasteiger partial charge in [-0.25, -0.2) is 0 Å². The Morgan fingerprint density at radius 2 is 2.09 bits per heavy atom. The summed E-state index contributed by atoms with van der Waals surface area (Å²) >= 11 is 9.95. The zero-order valence-electron chi connectivity index (χ0n) is 18.9. The minimum Gasteiger partial charge on any atom is -0.481 e. The van der Waals surface area contributed by atoms with E-state index in [1.54, 1.807) is 30.3 Å². The Morgan fingerprint density at radius 1 is 1.41 bits per heavy atom. The number of carboxylic acid groups (broad SMARTS) is 1.